The highest BCUT2D eigenvalue weighted by Crippen LogP contribution is 2.28. The fraction of sp³-hybridized carbons (Fsp3) is 0.0400. The molecule has 34 heavy (non-hydrogen) atoms. The average molecular weight is 472 g/mol. The summed E-state index contributed by atoms with van der Waals surface area (Å²) in [5.41, 5.74) is 2.21. The molecule has 2 aromatic carbocycles. The van der Waals surface area contributed by atoms with E-state index in [-0.39, 0.29) is 29.7 Å². The lowest BCUT2D eigenvalue weighted by Crippen LogP contribution is -2.19. The zero-order valence-electron chi connectivity index (χ0n) is 17.7. The number of aromatic nitrogens is 4. The number of halogens is 1. The highest BCUT2D eigenvalue weighted by atomic mass is 32.1. The van der Waals surface area contributed by atoms with Gasteiger partial charge in [0.05, 0.1) is 17.0 Å². The predicted octanol–water partition coefficient (Wildman–Crippen LogP) is 4.67. The lowest BCUT2D eigenvalue weighted by Gasteiger charge is -2.09. The van der Waals surface area contributed by atoms with E-state index in [2.05, 4.69) is 20.4 Å². The van der Waals surface area contributed by atoms with Crippen LogP contribution in [0.15, 0.2) is 89.0 Å². The molecule has 0 atom stereocenters. The van der Waals surface area contributed by atoms with Crippen molar-refractivity contribution in [2.45, 2.75) is 6.42 Å². The Morgan fingerprint density at radius 2 is 1.79 bits per heavy atom. The first-order valence-corrected chi connectivity index (χ1v) is 11.3. The molecular formula is C25H18FN5O2S. The van der Waals surface area contributed by atoms with E-state index < -0.39 is 0 Å². The first kappa shape index (κ1) is 21.5. The van der Waals surface area contributed by atoms with E-state index >= 15 is 0 Å². The molecule has 5 aromatic rings. The molecule has 0 saturated heterocycles. The molecule has 3 heterocycles. The van der Waals surface area contributed by atoms with Crippen LogP contribution in [-0.2, 0) is 11.2 Å². The fourth-order valence-corrected chi connectivity index (χ4v) is 4.13. The van der Waals surface area contributed by atoms with E-state index in [9.17, 15) is 14.0 Å². The number of H-pyrrole nitrogens is 1. The smallest absolute Gasteiger partial charge is 0.252 e. The van der Waals surface area contributed by atoms with Crippen LogP contribution in [0.5, 0.6) is 0 Å². The summed E-state index contributed by atoms with van der Waals surface area (Å²) in [6.45, 7) is 0. The van der Waals surface area contributed by atoms with Crippen molar-refractivity contribution in [1.29, 1.82) is 0 Å². The molecule has 2 N–H and O–H groups in total. The minimum Gasteiger partial charge on any atom is -0.310 e. The molecule has 168 valence electrons. The van der Waals surface area contributed by atoms with Crippen LogP contribution in [0.3, 0.4) is 0 Å². The van der Waals surface area contributed by atoms with Gasteiger partial charge in [0.2, 0.25) is 11.9 Å². The summed E-state index contributed by atoms with van der Waals surface area (Å²) in [6, 6.07) is 22.0. The maximum atomic E-state index is 13.2. The maximum Gasteiger partial charge on any atom is 0.252 e. The third-order valence-corrected chi connectivity index (χ3v) is 5.92. The molecule has 3 aromatic heterocycles. The van der Waals surface area contributed by atoms with Crippen LogP contribution in [0.25, 0.3) is 27.8 Å². The Bertz CT molecular complexity index is 1490. The molecule has 0 aliphatic carbocycles. The van der Waals surface area contributed by atoms with Crippen LogP contribution in [0.4, 0.5) is 10.2 Å². The van der Waals surface area contributed by atoms with E-state index in [0.717, 1.165) is 10.4 Å². The second-order valence-corrected chi connectivity index (χ2v) is 8.42. The van der Waals surface area contributed by atoms with Crippen molar-refractivity contribution in [3.05, 3.63) is 106 Å². The van der Waals surface area contributed by atoms with Crippen molar-refractivity contribution in [2.75, 3.05) is 5.32 Å². The Morgan fingerprint density at radius 3 is 2.53 bits per heavy atom. The van der Waals surface area contributed by atoms with Gasteiger partial charge in [0.1, 0.15) is 17.3 Å². The summed E-state index contributed by atoms with van der Waals surface area (Å²) in [7, 11) is 0. The Morgan fingerprint density at radius 1 is 1.00 bits per heavy atom. The molecule has 1 amide bonds. The molecule has 0 fully saturated rings. The van der Waals surface area contributed by atoms with Gasteiger partial charge in [0, 0.05) is 17.7 Å². The lowest BCUT2D eigenvalue weighted by atomic mass is 10.1. The van der Waals surface area contributed by atoms with E-state index in [1.807, 2.05) is 47.8 Å². The van der Waals surface area contributed by atoms with Crippen molar-refractivity contribution in [3.63, 3.8) is 0 Å². The third kappa shape index (κ3) is 4.69. The number of carbonyl (C=O) groups is 1. The topological polar surface area (TPSA) is 92.7 Å². The summed E-state index contributed by atoms with van der Waals surface area (Å²) in [6.07, 6.45) is 0.0494. The van der Waals surface area contributed by atoms with Crippen molar-refractivity contribution in [3.8, 4) is 27.8 Å². The number of benzene rings is 2. The first-order valence-electron chi connectivity index (χ1n) is 10.4. The minimum atomic E-state index is -0.365. The number of nitrogens with zero attached hydrogens (tertiary/aromatic N) is 3. The lowest BCUT2D eigenvalue weighted by molar-refractivity contribution is -0.115. The highest BCUT2D eigenvalue weighted by Gasteiger charge is 2.17. The summed E-state index contributed by atoms with van der Waals surface area (Å²) < 4.78 is 14.6. The third-order valence-electron chi connectivity index (χ3n) is 5.03. The summed E-state index contributed by atoms with van der Waals surface area (Å²) in [5.74, 6) is -0.154. The monoisotopic (exact) mass is 471 g/mol. The van der Waals surface area contributed by atoms with E-state index in [0.29, 0.717) is 22.8 Å². The largest absolute Gasteiger partial charge is 0.310 e. The normalized spacial score (nSPS) is 10.9. The molecule has 7 nitrogen and oxygen atoms in total. The Balaban J connectivity index is 1.53. The van der Waals surface area contributed by atoms with Gasteiger partial charge in [-0.25, -0.2) is 9.37 Å². The maximum absolute atomic E-state index is 13.2. The Kier molecular flexibility index (Phi) is 5.84. The van der Waals surface area contributed by atoms with E-state index in [4.69, 9.17) is 0 Å². The minimum absolute atomic E-state index is 0.0494. The number of hydrogen-bond donors (Lipinski definition) is 2. The van der Waals surface area contributed by atoms with Gasteiger partial charge >= 0.3 is 0 Å². The van der Waals surface area contributed by atoms with Crippen molar-refractivity contribution < 1.29 is 9.18 Å². The van der Waals surface area contributed by atoms with Crippen molar-refractivity contribution in [2.24, 2.45) is 0 Å². The zero-order chi connectivity index (χ0) is 23.5. The number of amides is 1. The van der Waals surface area contributed by atoms with Crippen LogP contribution >= 0.6 is 11.3 Å². The van der Waals surface area contributed by atoms with Crippen LogP contribution in [0, 0.1) is 5.82 Å². The van der Waals surface area contributed by atoms with Crippen molar-refractivity contribution in [1.82, 2.24) is 19.7 Å². The van der Waals surface area contributed by atoms with E-state index in [1.54, 1.807) is 18.2 Å². The number of hydrogen-bond acceptors (Lipinski definition) is 5. The van der Waals surface area contributed by atoms with Crippen molar-refractivity contribution >= 4 is 23.1 Å². The van der Waals surface area contributed by atoms with Gasteiger partial charge in [-0.3, -0.25) is 14.6 Å². The number of carbonyl (C=O) groups excluding carboxylic acids is 1. The van der Waals surface area contributed by atoms with Gasteiger partial charge in [-0.2, -0.15) is 9.78 Å². The van der Waals surface area contributed by atoms with Crippen LogP contribution in [-0.4, -0.2) is 25.7 Å². The standard InChI is InChI=1S/C25H18FN5O2S/c26-18-10-8-16(9-11-18)13-23(32)28-22-14-20(21-7-4-12-34-21)30-31(22)25-27-19(15-24(33)29-25)17-5-2-1-3-6-17/h1-12,14-15H,13H2,(H,28,32)(H,27,29,33). The molecule has 0 bridgehead atoms. The Hall–Kier alpha value is -4.37. The number of nitrogens with one attached hydrogen (secondary N) is 2. The van der Waals surface area contributed by atoms with Gasteiger partial charge in [0.25, 0.3) is 5.56 Å². The summed E-state index contributed by atoms with van der Waals surface area (Å²) in [4.78, 5) is 33.4. The second kappa shape index (κ2) is 9.24. The average Bonchev–Trinajstić information content (AvgIpc) is 3.51. The number of thiophene rings is 1. The van der Waals surface area contributed by atoms with Gasteiger partial charge in [0.15, 0.2) is 0 Å². The number of rotatable bonds is 6. The first-order chi connectivity index (χ1) is 16.5. The molecule has 0 aliphatic rings. The highest BCUT2D eigenvalue weighted by molar-refractivity contribution is 7.13. The molecule has 0 saturated carbocycles. The van der Waals surface area contributed by atoms with E-state index in [1.165, 1.54) is 34.2 Å². The van der Waals surface area contributed by atoms with Gasteiger partial charge in [-0.15, -0.1) is 11.3 Å². The molecule has 0 unspecified atom stereocenters. The summed E-state index contributed by atoms with van der Waals surface area (Å²) >= 11 is 1.50. The fourth-order valence-electron chi connectivity index (χ4n) is 3.45. The molecule has 9 heteroatoms. The summed E-state index contributed by atoms with van der Waals surface area (Å²) in [5, 5.41) is 9.37. The quantitative estimate of drug-likeness (QED) is 0.376. The van der Waals surface area contributed by atoms with Gasteiger partial charge < -0.3 is 5.32 Å². The van der Waals surface area contributed by atoms with Gasteiger partial charge in [-0.05, 0) is 29.1 Å². The molecular weight excluding hydrogens is 453 g/mol. The Labute approximate surface area is 197 Å². The zero-order valence-corrected chi connectivity index (χ0v) is 18.6. The van der Waals surface area contributed by atoms with Crippen LogP contribution in [0.1, 0.15) is 5.56 Å². The van der Waals surface area contributed by atoms with Crippen LogP contribution < -0.4 is 10.9 Å². The number of aromatic amines is 1. The second-order valence-electron chi connectivity index (χ2n) is 7.48. The number of anilines is 1. The van der Waals surface area contributed by atoms with Gasteiger partial charge in [-0.1, -0.05) is 48.5 Å². The molecule has 0 aliphatic heterocycles. The molecule has 5 rings (SSSR count). The molecule has 0 radical (unpaired) electrons. The molecule has 0 spiro atoms. The SMILES string of the molecule is O=C(Cc1ccc(F)cc1)Nc1cc(-c2cccs2)nn1-c1nc(-c2ccccc2)cc(=O)[nH]1. The van der Waals surface area contributed by atoms with Crippen LogP contribution in [0.2, 0.25) is 0 Å². The predicted molar refractivity (Wildman–Crippen MR) is 129 cm³/mol.